The van der Waals surface area contributed by atoms with Crippen LogP contribution in [-0.2, 0) is 10.9 Å². The zero-order valence-corrected chi connectivity index (χ0v) is 20.0. The summed E-state index contributed by atoms with van der Waals surface area (Å²) in [6.07, 6.45) is -4.38. The Balaban J connectivity index is 1.63. The fourth-order valence-electron chi connectivity index (χ4n) is 3.57. The van der Waals surface area contributed by atoms with Crippen LogP contribution in [0, 0.1) is 11.6 Å². The molecule has 2 amide bonds. The zero-order chi connectivity index (χ0) is 28.3. The van der Waals surface area contributed by atoms with E-state index in [9.17, 15) is 36.6 Å². The van der Waals surface area contributed by atoms with E-state index >= 15 is 0 Å². The number of hydrogen-bond acceptors (Lipinski definition) is 7. The van der Waals surface area contributed by atoms with Gasteiger partial charge in [-0.05, 0) is 37.3 Å². The van der Waals surface area contributed by atoms with E-state index in [1.54, 1.807) is 6.92 Å². The molecule has 10 nitrogen and oxygen atoms in total. The molecule has 2 aromatic heterocycles. The number of carbonyl (C=O) groups is 2. The lowest BCUT2D eigenvalue weighted by atomic mass is 10.2. The Hall–Kier alpha value is -4.50. The lowest BCUT2D eigenvalue weighted by molar-refractivity contribution is -0.145. The number of hydrogen-bond donors (Lipinski definition) is 3. The molecule has 0 fully saturated rings. The summed E-state index contributed by atoms with van der Waals surface area (Å²) in [5, 5.41) is 14.1. The van der Waals surface area contributed by atoms with Crippen LogP contribution < -0.4 is 10.6 Å². The second-order valence-electron chi connectivity index (χ2n) is 7.90. The van der Waals surface area contributed by atoms with Crippen molar-refractivity contribution in [2.24, 2.45) is 0 Å². The number of anilines is 1. The molecular weight excluding hydrogens is 531 g/mol. The minimum absolute atomic E-state index is 0.0194. The Morgan fingerprint density at radius 2 is 1.79 bits per heavy atom. The number of imidazole rings is 1. The highest BCUT2D eigenvalue weighted by atomic mass is 19.4. The quantitative estimate of drug-likeness (QED) is 0.226. The van der Waals surface area contributed by atoms with Crippen LogP contribution in [0.2, 0.25) is 0 Å². The molecule has 1 unspecified atom stereocenters. The van der Waals surface area contributed by atoms with Crippen LogP contribution >= 0.6 is 0 Å². The van der Waals surface area contributed by atoms with Gasteiger partial charge in [0.2, 0.25) is 5.82 Å². The number of nitrogens with one attached hydrogen (secondary N) is 2. The first-order valence-corrected chi connectivity index (χ1v) is 11.2. The van der Waals surface area contributed by atoms with Gasteiger partial charge >= 0.3 is 6.18 Å². The van der Waals surface area contributed by atoms with E-state index in [1.807, 2.05) is 0 Å². The number of halogens is 5. The van der Waals surface area contributed by atoms with Gasteiger partial charge in [-0.3, -0.25) is 14.2 Å². The molecule has 2 heterocycles. The van der Waals surface area contributed by atoms with Crippen LogP contribution in [0.1, 0.15) is 33.5 Å². The fraction of sp³-hybridized carbons (Fsp3) is 0.208. The Morgan fingerprint density at radius 1 is 1.08 bits per heavy atom. The van der Waals surface area contributed by atoms with Crippen molar-refractivity contribution in [1.82, 2.24) is 24.8 Å². The molecule has 0 radical (unpaired) electrons. The van der Waals surface area contributed by atoms with Crippen LogP contribution in [0.4, 0.5) is 27.8 Å². The maximum atomic E-state index is 13.9. The van der Waals surface area contributed by atoms with Crippen molar-refractivity contribution in [3.05, 3.63) is 77.4 Å². The van der Waals surface area contributed by atoms with Gasteiger partial charge in [0.15, 0.2) is 17.9 Å². The van der Waals surface area contributed by atoms with Crippen LogP contribution in [0.15, 0.2) is 48.8 Å². The number of nitrogens with zero attached hydrogens (tertiary/aromatic N) is 4. The van der Waals surface area contributed by atoms with E-state index in [2.05, 4.69) is 25.6 Å². The minimum Gasteiger partial charge on any atom is -0.366 e. The standard InChI is InChI=1S/C24H19F5N6O4/c1-2-39-19(36)11-32-21(37)12-6-7-16-15(8-12)33-23(24(27,28)29)35(16)18-10-30-17(9-31-18)34-22(38)20-13(25)4-3-5-14(20)26/h3-10,19,36H,2,11H2,1H3,(H,32,37)(H,30,34,38). The molecule has 0 bridgehead atoms. The highest BCUT2D eigenvalue weighted by Crippen LogP contribution is 2.33. The maximum Gasteiger partial charge on any atom is 0.450 e. The smallest absolute Gasteiger partial charge is 0.366 e. The summed E-state index contributed by atoms with van der Waals surface area (Å²) < 4.78 is 74.8. The molecule has 0 spiro atoms. The number of fused-ring (bicyclic) bond motifs is 1. The number of ether oxygens (including phenoxy) is 1. The van der Waals surface area contributed by atoms with E-state index in [-0.39, 0.29) is 41.4 Å². The summed E-state index contributed by atoms with van der Waals surface area (Å²) in [6.45, 7) is 1.62. The Kier molecular flexibility index (Phi) is 7.83. The summed E-state index contributed by atoms with van der Waals surface area (Å²) in [7, 11) is 0. The van der Waals surface area contributed by atoms with Crippen LogP contribution in [-0.4, -0.2) is 55.9 Å². The predicted molar refractivity (Wildman–Crippen MR) is 126 cm³/mol. The van der Waals surface area contributed by atoms with E-state index in [1.165, 1.54) is 12.1 Å². The maximum absolute atomic E-state index is 13.9. The molecule has 15 heteroatoms. The van der Waals surface area contributed by atoms with E-state index in [4.69, 9.17) is 4.74 Å². The first-order chi connectivity index (χ1) is 18.5. The van der Waals surface area contributed by atoms with Crippen molar-refractivity contribution < 1.29 is 41.4 Å². The molecule has 0 aliphatic carbocycles. The summed E-state index contributed by atoms with van der Waals surface area (Å²) in [6, 6.07) is 6.46. The lowest BCUT2D eigenvalue weighted by Gasteiger charge is -2.12. The summed E-state index contributed by atoms with van der Waals surface area (Å²) in [5.41, 5.74) is -1.13. The van der Waals surface area contributed by atoms with E-state index in [0.717, 1.165) is 36.7 Å². The molecule has 39 heavy (non-hydrogen) atoms. The molecule has 0 aliphatic heterocycles. The second-order valence-corrected chi connectivity index (χ2v) is 7.90. The largest absolute Gasteiger partial charge is 0.450 e. The number of benzene rings is 2. The molecule has 0 saturated heterocycles. The number of carbonyl (C=O) groups excluding carboxylic acids is 2. The highest BCUT2D eigenvalue weighted by Gasteiger charge is 2.38. The minimum atomic E-state index is -4.93. The van der Waals surface area contributed by atoms with E-state index < -0.39 is 47.3 Å². The van der Waals surface area contributed by atoms with Gasteiger partial charge in [-0.1, -0.05) is 6.07 Å². The predicted octanol–water partition coefficient (Wildman–Crippen LogP) is 3.45. The SMILES string of the molecule is CCOC(O)CNC(=O)c1ccc2c(c1)nc(C(F)(F)F)n2-c1cnc(NC(=O)c2c(F)cccc2F)cn1. The van der Waals surface area contributed by atoms with Gasteiger partial charge in [0.1, 0.15) is 17.2 Å². The van der Waals surface area contributed by atoms with Crippen LogP contribution in [0.3, 0.4) is 0 Å². The Morgan fingerprint density at radius 3 is 2.41 bits per heavy atom. The third kappa shape index (κ3) is 5.99. The average molecular weight is 550 g/mol. The number of aliphatic hydroxyl groups excluding tert-OH is 1. The number of amides is 2. The van der Waals surface area contributed by atoms with Crippen molar-refractivity contribution in [1.29, 1.82) is 0 Å². The van der Waals surface area contributed by atoms with Gasteiger partial charge in [0, 0.05) is 12.2 Å². The molecule has 1 atom stereocenters. The molecule has 0 saturated carbocycles. The number of alkyl halides is 3. The third-order valence-corrected chi connectivity index (χ3v) is 5.27. The van der Waals surface area contributed by atoms with Gasteiger partial charge in [0.25, 0.3) is 11.8 Å². The molecule has 2 aromatic carbocycles. The van der Waals surface area contributed by atoms with Crippen molar-refractivity contribution >= 4 is 28.7 Å². The molecule has 204 valence electrons. The van der Waals surface area contributed by atoms with Crippen LogP contribution in [0.25, 0.3) is 16.9 Å². The Bertz CT molecular complexity index is 1500. The first-order valence-electron chi connectivity index (χ1n) is 11.2. The second kappa shape index (κ2) is 11.1. The number of aliphatic hydroxyl groups is 1. The van der Waals surface area contributed by atoms with Crippen molar-refractivity contribution in [3.8, 4) is 5.82 Å². The van der Waals surface area contributed by atoms with E-state index in [0.29, 0.717) is 4.57 Å². The van der Waals surface area contributed by atoms with Gasteiger partial charge < -0.3 is 20.5 Å². The van der Waals surface area contributed by atoms with Gasteiger partial charge in [-0.15, -0.1) is 0 Å². The molecule has 0 aliphatic rings. The summed E-state index contributed by atoms with van der Waals surface area (Å²) >= 11 is 0. The molecular formula is C24H19F5N6O4. The monoisotopic (exact) mass is 550 g/mol. The average Bonchev–Trinajstić information content (AvgIpc) is 3.27. The molecule has 3 N–H and O–H groups in total. The number of rotatable bonds is 8. The van der Waals surface area contributed by atoms with Crippen LogP contribution in [0.5, 0.6) is 0 Å². The molecule has 4 rings (SSSR count). The topological polar surface area (TPSA) is 131 Å². The summed E-state index contributed by atoms with van der Waals surface area (Å²) in [5.74, 6) is -6.05. The third-order valence-electron chi connectivity index (χ3n) is 5.27. The number of aromatic nitrogens is 4. The van der Waals surface area contributed by atoms with Crippen molar-refractivity contribution in [2.75, 3.05) is 18.5 Å². The highest BCUT2D eigenvalue weighted by molar-refractivity contribution is 6.04. The Labute approximate surface area is 216 Å². The van der Waals surface area contributed by atoms with Crippen molar-refractivity contribution in [3.63, 3.8) is 0 Å². The fourth-order valence-corrected chi connectivity index (χ4v) is 3.57. The van der Waals surface area contributed by atoms with Gasteiger partial charge in [-0.2, -0.15) is 13.2 Å². The van der Waals surface area contributed by atoms with Gasteiger partial charge in [-0.25, -0.2) is 23.7 Å². The van der Waals surface area contributed by atoms with Crippen molar-refractivity contribution in [2.45, 2.75) is 19.4 Å². The zero-order valence-electron chi connectivity index (χ0n) is 20.0. The lowest BCUT2D eigenvalue weighted by Crippen LogP contribution is -2.33. The first kappa shape index (κ1) is 27.5. The summed E-state index contributed by atoms with van der Waals surface area (Å²) in [4.78, 5) is 36.0. The normalized spacial score (nSPS) is 12.4. The molecule has 4 aromatic rings. The van der Waals surface area contributed by atoms with Gasteiger partial charge in [0.05, 0.1) is 30.0 Å².